The number of nitrogens with two attached hydrogens (primary N) is 1. The first kappa shape index (κ1) is 14.2. The Morgan fingerprint density at radius 3 is 2.41 bits per heavy atom. The molecule has 1 unspecified atom stereocenters. The van der Waals surface area contributed by atoms with Crippen LogP contribution in [0.3, 0.4) is 0 Å². The van der Waals surface area contributed by atoms with Crippen molar-refractivity contribution in [1.82, 2.24) is 9.78 Å². The van der Waals surface area contributed by atoms with Gasteiger partial charge in [0.2, 0.25) is 0 Å². The molecule has 1 atom stereocenters. The Labute approximate surface area is 128 Å². The molecular formula is C18H17N3O. The molecule has 3 rings (SSSR count). The lowest BCUT2D eigenvalue weighted by Crippen LogP contribution is -2.32. The van der Waals surface area contributed by atoms with Crippen LogP contribution in [0.2, 0.25) is 0 Å². The monoisotopic (exact) mass is 291 g/mol. The molecule has 0 spiro atoms. The quantitative estimate of drug-likeness (QED) is 0.752. The van der Waals surface area contributed by atoms with Gasteiger partial charge in [-0.2, -0.15) is 5.10 Å². The van der Waals surface area contributed by atoms with Crippen molar-refractivity contribution in [1.29, 1.82) is 0 Å². The van der Waals surface area contributed by atoms with Gasteiger partial charge in [-0.15, -0.1) is 0 Å². The maximum absolute atomic E-state index is 12.5. The second kappa shape index (κ2) is 5.95. The molecule has 1 aromatic heterocycles. The van der Waals surface area contributed by atoms with Crippen molar-refractivity contribution in [3.63, 3.8) is 0 Å². The average Bonchev–Trinajstić information content (AvgIpc) is 2.58. The highest BCUT2D eigenvalue weighted by Gasteiger charge is 2.13. The average molecular weight is 291 g/mol. The predicted molar refractivity (Wildman–Crippen MR) is 88.7 cm³/mol. The minimum atomic E-state index is -0.633. The second-order valence-corrected chi connectivity index (χ2v) is 5.13. The van der Waals surface area contributed by atoms with Gasteiger partial charge < -0.3 is 5.73 Å². The Morgan fingerprint density at radius 1 is 1.09 bits per heavy atom. The van der Waals surface area contributed by atoms with Gasteiger partial charge in [-0.05, 0) is 11.6 Å². The molecule has 2 aromatic carbocycles. The third kappa shape index (κ3) is 2.56. The van der Waals surface area contributed by atoms with Gasteiger partial charge in [-0.1, -0.05) is 61.2 Å². The summed E-state index contributed by atoms with van der Waals surface area (Å²) in [4.78, 5) is 12.5. The van der Waals surface area contributed by atoms with Gasteiger partial charge in [-0.3, -0.25) is 4.79 Å². The van der Waals surface area contributed by atoms with Crippen LogP contribution in [0.15, 0.2) is 72.0 Å². The van der Waals surface area contributed by atoms with Crippen LogP contribution in [0.4, 0.5) is 0 Å². The molecule has 0 bridgehead atoms. The standard InChI is InChI=1S/C18H17N3O/c1-2-17(19)21-18(22)15-11-7-6-10-14(15)16(20-21)12-13-8-4-3-5-9-13/h2-11,17H,1,12,19H2. The van der Waals surface area contributed by atoms with Crippen LogP contribution in [-0.4, -0.2) is 9.78 Å². The minimum absolute atomic E-state index is 0.195. The Morgan fingerprint density at radius 2 is 1.73 bits per heavy atom. The lowest BCUT2D eigenvalue weighted by molar-refractivity contribution is 0.524. The molecular weight excluding hydrogens is 274 g/mol. The highest BCUT2D eigenvalue weighted by atomic mass is 16.1. The van der Waals surface area contributed by atoms with Crippen LogP contribution in [0.5, 0.6) is 0 Å². The topological polar surface area (TPSA) is 60.9 Å². The molecule has 3 aromatic rings. The van der Waals surface area contributed by atoms with E-state index >= 15 is 0 Å². The molecule has 0 aliphatic carbocycles. The molecule has 4 heteroatoms. The number of hydrogen-bond donors (Lipinski definition) is 1. The summed E-state index contributed by atoms with van der Waals surface area (Å²) in [5.74, 6) is 0. The van der Waals surface area contributed by atoms with Crippen LogP contribution >= 0.6 is 0 Å². The summed E-state index contributed by atoms with van der Waals surface area (Å²) < 4.78 is 1.30. The van der Waals surface area contributed by atoms with Crippen molar-refractivity contribution in [3.8, 4) is 0 Å². The summed E-state index contributed by atoms with van der Waals surface area (Å²) in [6.45, 7) is 3.65. The Bertz CT molecular complexity index is 868. The SMILES string of the molecule is C=CC(N)n1nc(Cc2ccccc2)c2ccccc2c1=O. The lowest BCUT2D eigenvalue weighted by atomic mass is 10.0. The van der Waals surface area contributed by atoms with Gasteiger partial charge in [0.05, 0.1) is 11.1 Å². The zero-order valence-electron chi connectivity index (χ0n) is 12.1. The van der Waals surface area contributed by atoms with Crippen molar-refractivity contribution < 1.29 is 0 Å². The number of fused-ring (bicyclic) bond motifs is 1. The number of benzene rings is 2. The molecule has 4 nitrogen and oxygen atoms in total. The molecule has 110 valence electrons. The summed E-state index contributed by atoms with van der Waals surface area (Å²) in [5.41, 5.74) is 7.70. The van der Waals surface area contributed by atoms with Gasteiger partial charge in [0.1, 0.15) is 6.17 Å². The van der Waals surface area contributed by atoms with E-state index in [4.69, 9.17) is 5.73 Å². The van der Waals surface area contributed by atoms with E-state index < -0.39 is 6.17 Å². The van der Waals surface area contributed by atoms with Gasteiger partial charge in [0, 0.05) is 11.8 Å². The fraction of sp³-hybridized carbons (Fsp3) is 0.111. The lowest BCUT2D eigenvalue weighted by Gasteiger charge is -2.14. The van der Waals surface area contributed by atoms with E-state index in [0.29, 0.717) is 11.8 Å². The molecule has 0 fully saturated rings. The van der Waals surface area contributed by atoms with Gasteiger partial charge in [-0.25, -0.2) is 4.68 Å². The van der Waals surface area contributed by atoms with Crippen molar-refractivity contribution in [2.45, 2.75) is 12.6 Å². The Balaban J connectivity index is 2.22. The summed E-state index contributed by atoms with van der Waals surface area (Å²) >= 11 is 0. The molecule has 0 amide bonds. The second-order valence-electron chi connectivity index (χ2n) is 5.13. The molecule has 0 radical (unpaired) electrons. The van der Waals surface area contributed by atoms with E-state index in [2.05, 4.69) is 11.7 Å². The van der Waals surface area contributed by atoms with Crippen LogP contribution in [0.25, 0.3) is 10.8 Å². The number of aromatic nitrogens is 2. The smallest absolute Gasteiger partial charge is 0.276 e. The number of hydrogen-bond acceptors (Lipinski definition) is 3. The molecule has 2 N–H and O–H groups in total. The minimum Gasteiger partial charge on any atom is -0.306 e. The van der Waals surface area contributed by atoms with E-state index in [1.807, 2.05) is 48.5 Å². The van der Waals surface area contributed by atoms with Crippen LogP contribution < -0.4 is 11.3 Å². The maximum Gasteiger partial charge on any atom is 0.276 e. The predicted octanol–water partition coefficient (Wildman–Crippen LogP) is 2.63. The zero-order valence-corrected chi connectivity index (χ0v) is 12.1. The van der Waals surface area contributed by atoms with E-state index in [1.165, 1.54) is 10.8 Å². The first-order valence-corrected chi connectivity index (χ1v) is 7.13. The zero-order chi connectivity index (χ0) is 15.5. The van der Waals surface area contributed by atoms with Crippen molar-refractivity contribution in [3.05, 3.63) is 88.9 Å². The van der Waals surface area contributed by atoms with Gasteiger partial charge >= 0.3 is 0 Å². The van der Waals surface area contributed by atoms with Crippen LogP contribution in [0.1, 0.15) is 17.4 Å². The van der Waals surface area contributed by atoms with E-state index in [9.17, 15) is 4.79 Å². The van der Waals surface area contributed by atoms with Crippen LogP contribution in [-0.2, 0) is 6.42 Å². The van der Waals surface area contributed by atoms with Crippen LogP contribution in [0, 0.1) is 0 Å². The maximum atomic E-state index is 12.5. The first-order valence-electron chi connectivity index (χ1n) is 7.13. The fourth-order valence-electron chi connectivity index (χ4n) is 2.50. The Kier molecular flexibility index (Phi) is 3.85. The van der Waals surface area contributed by atoms with Crippen molar-refractivity contribution >= 4 is 10.8 Å². The largest absolute Gasteiger partial charge is 0.306 e. The number of nitrogens with zero attached hydrogens (tertiary/aromatic N) is 2. The van der Waals surface area contributed by atoms with Gasteiger partial charge in [0.25, 0.3) is 5.56 Å². The summed E-state index contributed by atoms with van der Waals surface area (Å²) in [7, 11) is 0. The number of rotatable bonds is 4. The van der Waals surface area contributed by atoms with Crippen molar-refractivity contribution in [2.75, 3.05) is 0 Å². The summed E-state index contributed by atoms with van der Waals surface area (Å²) in [6, 6.07) is 17.5. The summed E-state index contributed by atoms with van der Waals surface area (Å²) in [5, 5.41) is 5.96. The summed E-state index contributed by atoms with van der Waals surface area (Å²) in [6.07, 6.45) is 1.52. The first-order chi connectivity index (χ1) is 10.7. The van der Waals surface area contributed by atoms with Gasteiger partial charge in [0.15, 0.2) is 0 Å². The van der Waals surface area contributed by atoms with E-state index in [-0.39, 0.29) is 5.56 Å². The van der Waals surface area contributed by atoms with E-state index in [1.54, 1.807) is 6.07 Å². The Hall–Kier alpha value is -2.72. The third-order valence-electron chi connectivity index (χ3n) is 3.64. The molecule has 1 heterocycles. The fourth-order valence-corrected chi connectivity index (χ4v) is 2.50. The van der Waals surface area contributed by atoms with Crippen molar-refractivity contribution in [2.24, 2.45) is 5.73 Å². The molecule has 0 aliphatic rings. The molecule has 22 heavy (non-hydrogen) atoms. The third-order valence-corrected chi connectivity index (χ3v) is 3.64. The molecule has 0 aliphatic heterocycles. The highest BCUT2D eigenvalue weighted by Crippen LogP contribution is 2.17. The molecule has 0 saturated heterocycles. The molecule has 0 saturated carbocycles. The normalized spacial score (nSPS) is 12.2. The highest BCUT2D eigenvalue weighted by molar-refractivity contribution is 5.83. The van der Waals surface area contributed by atoms with E-state index in [0.717, 1.165) is 16.6 Å².